The van der Waals surface area contributed by atoms with Gasteiger partial charge in [-0.05, 0) is 47.5 Å². The summed E-state index contributed by atoms with van der Waals surface area (Å²) in [6.45, 7) is 1.06. The monoisotopic (exact) mass is 456 g/mol. The molecule has 1 aliphatic heterocycles. The van der Waals surface area contributed by atoms with Crippen LogP contribution in [0, 0.1) is 0 Å². The molecule has 0 aliphatic carbocycles. The van der Waals surface area contributed by atoms with Crippen molar-refractivity contribution in [1.82, 2.24) is 9.62 Å². The molecule has 1 unspecified atom stereocenters. The summed E-state index contributed by atoms with van der Waals surface area (Å²) < 4.78 is 33.2. The Kier molecular flexibility index (Phi) is 6.70. The van der Waals surface area contributed by atoms with Crippen LogP contribution in [0.2, 0.25) is 0 Å². The molecule has 2 aromatic carbocycles. The second kappa shape index (κ2) is 9.64. The molecule has 8 heteroatoms. The number of benzene rings is 2. The highest BCUT2D eigenvalue weighted by Crippen LogP contribution is 2.28. The van der Waals surface area contributed by atoms with Crippen molar-refractivity contribution in [1.29, 1.82) is 0 Å². The highest BCUT2D eigenvalue weighted by atomic mass is 32.2. The van der Waals surface area contributed by atoms with Gasteiger partial charge in [-0.15, -0.1) is 11.3 Å². The van der Waals surface area contributed by atoms with Crippen molar-refractivity contribution in [3.8, 4) is 5.75 Å². The maximum Gasteiger partial charge on any atom is 0.253 e. The van der Waals surface area contributed by atoms with Gasteiger partial charge in [0.15, 0.2) is 0 Å². The molecule has 3 aromatic rings. The van der Waals surface area contributed by atoms with Crippen molar-refractivity contribution >= 4 is 27.3 Å². The van der Waals surface area contributed by atoms with Gasteiger partial charge in [-0.1, -0.05) is 48.5 Å². The van der Waals surface area contributed by atoms with Crippen molar-refractivity contribution < 1.29 is 17.9 Å². The van der Waals surface area contributed by atoms with E-state index in [1.165, 1.54) is 15.6 Å². The largest absolute Gasteiger partial charge is 0.489 e. The fourth-order valence-electron chi connectivity index (χ4n) is 3.66. The van der Waals surface area contributed by atoms with Gasteiger partial charge < -0.3 is 10.1 Å². The van der Waals surface area contributed by atoms with E-state index in [4.69, 9.17) is 4.74 Å². The predicted molar refractivity (Wildman–Crippen MR) is 120 cm³/mol. The minimum absolute atomic E-state index is 0.267. The normalized spacial score (nSPS) is 16.8. The second-order valence-electron chi connectivity index (χ2n) is 7.29. The molecule has 4 rings (SSSR count). The van der Waals surface area contributed by atoms with Gasteiger partial charge >= 0.3 is 0 Å². The molecular weight excluding hydrogens is 432 g/mol. The number of rotatable bonds is 8. The smallest absolute Gasteiger partial charge is 0.253 e. The number of carbonyl (C=O) groups is 1. The number of carbonyl (C=O) groups excluding carboxylic acids is 1. The summed E-state index contributed by atoms with van der Waals surface area (Å²) in [5.41, 5.74) is 1.92. The standard InChI is InChI=1S/C23H24N2O4S2/c26-23(21-12-6-14-25(21)31(27,28)22-13-7-15-30-22)24-16-18-8-4-5-9-19(18)17-29-20-10-2-1-3-11-20/h1-5,7-11,13,15,21H,6,12,14,16-17H2,(H,24,26). The summed E-state index contributed by atoms with van der Waals surface area (Å²) in [6.07, 6.45) is 1.19. The van der Waals surface area contributed by atoms with Crippen LogP contribution in [-0.2, 0) is 28.0 Å². The van der Waals surface area contributed by atoms with Crippen molar-refractivity contribution in [3.05, 3.63) is 83.2 Å². The van der Waals surface area contributed by atoms with E-state index in [2.05, 4.69) is 5.32 Å². The van der Waals surface area contributed by atoms with E-state index in [1.807, 2.05) is 54.6 Å². The number of nitrogens with one attached hydrogen (secondary N) is 1. The zero-order valence-electron chi connectivity index (χ0n) is 16.9. The van der Waals surface area contributed by atoms with Gasteiger partial charge in [0.25, 0.3) is 10.0 Å². The maximum absolute atomic E-state index is 12.9. The Labute approximate surface area is 186 Å². The summed E-state index contributed by atoms with van der Waals surface area (Å²) in [4.78, 5) is 12.9. The Hall–Kier alpha value is -2.68. The SMILES string of the molecule is O=C(NCc1ccccc1COc1ccccc1)C1CCCN1S(=O)(=O)c1cccs1. The summed E-state index contributed by atoms with van der Waals surface area (Å²) in [6, 6.07) is 19.9. The molecule has 2 heterocycles. The average Bonchev–Trinajstić information content (AvgIpc) is 3.50. The van der Waals surface area contributed by atoms with E-state index < -0.39 is 16.1 Å². The summed E-state index contributed by atoms with van der Waals surface area (Å²) in [5.74, 6) is 0.512. The van der Waals surface area contributed by atoms with E-state index in [-0.39, 0.29) is 10.1 Å². The molecule has 1 aromatic heterocycles. The van der Waals surface area contributed by atoms with Gasteiger partial charge in [-0.2, -0.15) is 4.31 Å². The Morgan fingerprint density at radius 3 is 2.52 bits per heavy atom. The Bertz CT molecular complexity index is 1120. The topological polar surface area (TPSA) is 75.7 Å². The molecule has 1 N–H and O–H groups in total. The lowest BCUT2D eigenvalue weighted by Crippen LogP contribution is -2.45. The van der Waals surface area contributed by atoms with Crippen LogP contribution in [0.15, 0.2) is 76.3 Å². The molecule has 1 fully saturated rings. The number of ether oxygens (including phenoxy) is 1. The molecule has 0 radical (unpaired) electrons. The lowest BCUT2D eigenvalue weighted by molar-refractivity contribution is -0.124. The first kappa shape index (κ1) is 21.5. The number of amides is 1. The van der Waals surface area contributed by atoms with E-state index in [0.29, 0.717) is 32.5 Å². The third kappa shape index (κ3) is 4.98. The second-order valence-corrected chi connectivity index (χ2v) is 10.4. The lowest BCUT2D eigenvalue weighted by atomic mass is 10.1. The number of para-hydroxylation sites is 1. The highest BCUT2D eigenvalue weighted by Gasteiger charge is 2.39. The summed E-state index contributed by atoms with van der Waals surface area (Å²) in [7, 11) is -3.65. The van der Waals surface area contributed by atoms with Crippen LogP contribution in [0.3, 0.4) is 0 Å². The first-order valence-corrected chi connectivity index (χ1v) is 12.5. The van der Waals surface area contributed by atoms with Gasteiger partial charge in [0.2, 0.25) is 5.91 Å². The Balaban J connectivity index is 1.41. The van der Waals surface area contributed by atoms with Crippen molar-refractivity contribution in [2.45, 2.75) is 36.2 Å². The summed E-state index contributed by atoms with van der Waals surface area (Å²) >= 11 is 1.17. The van der Waals surface area contributed by atoms with Crippen molar-refractivity contribution in [2.24, 2.45) is 0 Å². The van der Waals surface area contributed by atoms with E-state index in [0.717, 1.165) is 16.9 Å². The predicted octanol–water partition coefficient (Wildman–Crippen LogP) is 3.80. The minimum Gasteiger partial charge on any atom is -0.489 e. The molecule has 0 saturated carbocycles. The van der Waals surface area contributed by atoms with Crippen LogP contribution < -0.4 is 10.1 Å². The van der Waals surface area contributed by atoms with Crippen LogP contribution in [0.4, 0.5) is 0 Å². The molecule has 1 atom stereocenters. The van der Waals surface area contributed by atoms with E-state index in [1.54, 1.807) is 17.5 Å². The van der Waals surface area contributed by atoms with Crippen LogP contribution in [0.25, 0.3) is 0 Å². The number of thiophene rings is 1. The number of nitrogens with zero attached hydrogens (tertiary/aromatic N) is 1. The third-order valence-electron chi connectivity index (χ3n) is 5.27. The molecule has 31 heavy (non-hydrogen) atoms. The van der Waals surface area contributed by atoms with Gasteiger partial charge in [0.05, 0.1) is 0 Å². The molecule has 0 spiro atoms. The summed E-state index contributed by atoms with van der Waals surface area (Å²) in [5, 5.41) is 4.66. The number of sulfonamides is 1. The van der Waals surface area contributed by atoms with Crippen molar-refractivity contribution in [2.75, 3.05) is 6.54 Å². The quantitative estimate of drug-likeness (QED) is 0.560. The van der Waals surface area contributed by atoms with E-state index in [9.17, 15) is 13.2 Å². The molecule has 1 amide bonds. The van der Waals surface area contributed by atoms with Crippen LogP contribution in [0.1, 0.15) is 24.0 Å². The van der Waals surface area contributed by atoms with Gasteiger partial charge in [0, 0.05) is 13.1 Å². The molecule has 0 bridgehead atoms. The molecule has 1 saturated heterocycles. The Morgan fingerprint density at radius 1 is 1.03 bits per heavy atom. The van der Waals surface area contributed by atoms with E-state index >= 15 is 0 Å². The fourth-order valence-corrected chi connectivity index (χ4v) is 6.44. The highest BCUT2D eigenvalue weighted by molar-refractivity contribution is 7.91. The number of hydrogen-bond acceptors (Lipinski definition) is 5. The first-order chi connectivity index (χ1) is 15.1. The zero-order chi connectivity index (χ0) is 21.7. The fraction of sp³-hybridized carbons (Fsp3) is 0.261. The van der Waals surface area contributed by atoms with Gasteiger partial charge in [-0.3, -0.25) is 4.79 Å². The molecule has 162 valence electrons. The van der Waals surface area contributed by atoms with Crippen LogP contribution in [0.5, 0.6) is 5.75 Å². The maximum atomic E-state index is 12.9. The van der Waals surface area contributed by atoms with Crippen molar-refractivity contribution in [3.63, 3.8) is 0 Å². The molecule has 6 nitrogen and oxygen atoms in total. The number of hydrogen-bond donors (Lipinski definition) is 1. The molecular formula is C23H24N2O4S2. The zero-order valence-corrected chi connectivity index (χ0v) is 18.6. The average molecular weight is 457 g/mol. The minimum atomic E-state index is -3.65. The first-order valence-electron chi connectivity index (χ1n) is 10.1. The van der Waals surface area contributed by atoms with Crippen LogP contribution >= 0.6 is 11.3 Å². The van der Waals surface area contributed by atoms with Gasteiger partial charge in [0.1, 0.15) is 22.6 Å². The van der Waals surface area contributed by atoms with Crippen LogP contribution in [-0.4, -0.2) is 31.2 Å². The lowest BCUT2D eigenvalue weighted by Gasteiger charge is -2.23. The third-order valence-corrected chi connectivity index (χ3v) is 8.55. The molecule has 1 aliphatic rings. The van der Waals surface area contributed by atoms with Gasteiger partial charge in [-0.25, -0.2) is 8.42 Å². The Morgan fingerprint density at radius 2 is 1.77 bits per heavy atom.